The second-order valence-corrected chi connectivity index (χ2v) is 5.91. The van der Waals surface area contributed by atoms with Crippen LogP contribution in [0.3, 0.4) is 0 Å². The molecule has 0 N–H and O–H groups in total. The van der Waals surface area contributed by atoms with Crippen molar-refractivity contribution in [2.45, 2.75) is 11.7 Å². The Hall–Kier alpha value is -2.22. The molecule has 2 aromatic rings. The Morgan fingerprint density at radius 3 is 2.68 bits per heavy atom. The first-order valence-electron chi connectivity index (χ1n) is 5.33. The van der Waals surface area contributed by atoms with Crippen LogP contribution in [0.5, 0.6) is 0 Å². The van der Waals surface area contributed by atoms with Crippen LogP contribution in [0.2, 0.25) is 0 Å². The smallest absolute Gasteiger partial charge is 0.274 e. The Morgan fingerprint density at radius 2 is 2.05 bits per heavy atom. The van der Waals surface area contributed by atoms with Gasteiger partial charge >= 0.3 is 0 Å². The van der Waals surface area contributed by atoms with Crippen LogP contribution in [0.4, 0.5) is 5.69 Å². The van der Waals surface area contributed by atoms with E-state index >= 15 is 0 Å². The Morgan fingerprint density at radius 1 is 1.37 bits per heavy atom. The summed E-state index contributed by atoms with van der Waals surface area (Å²) in [6, 6.07) is 6.20. The first-order chi connectivity index (χ1) is 8.89. The van der Waals surface area contributed by atoms with E-state index in [2.05, 4.69) is 4.98 Å². The molecule has 0 atom stereocenters. The van der Waals surface area contributed by atoms with Crippen LogP contribution in [0.1, 0.15) is 5.56 Å². The summed E-state index contributed by atoms with van der Waals surface area (Å²) in [5.41, 5.74) is 0.381. The molecule has 1 aromatic carbocycles. The zero-order chi connectivity index (χ0) is 14.0. The van der Waals surface area contributed by atoms with E-state index in [1.54, 1.807) is 18.2 Å². The van der Waals surface area contributed by atoms with Gasteiger partial charge in [-0.2, -0.15) is 0 Å². The summed E-state index contributed by atoms with van der Waals surface area (Å²) in [5, 5.41) is 10.8. The van der Waals surface area contributed by atoms with Crippen LogP contribution in [-0.2, 0) is 16.4 Å². The van der Waals surface area contributed by atoms with Crippen molar-refractivity contribution in [3.63, 3.8) is 0 Å². The minimum absolute atomic E-state index is 0.0457. The van der Waals surface area contributed by atoms with Crippen molar-refractivity contribution < 1.29 is 13.3 Å². The molecule has 0 spiro atoms. The molecule has 0 radical (unpaired) electrons. The van der Waals surface area contributed by atoms with Gasteiger partial charge in [0, 0.05) is 30.3 Å². The highest BCUT2D eigenvalue weighted by Gasteiger charge is 2.18. The van der Waals surface area contributed by atoms with E-state index in [4.69, 9.17) is 0 Å². The zero-order valence-corrected chi connectivity index (χ0v) is 10.9. The first-order valence-corrected chi connectivity index (χ1v) is 7.22. The highest BCUT2D eigenvalue weighted by Crippen LogP contribution is 2.20. The van der Waals surface area contributed by atoms with Crippen LogP contribution in [0.15, 0.2) is 41.8 Å². The van der Waals surface area contributed by atoms with Crippen molar-refractivity contribution in [1.29, 1.82) is 0 Å². The summed E-state index contributed by atoms with van der Waals surface area (Å²) in [6.07, 6.45) is 3.88. The first kappa shape index (κ1) is 13.2. The molecule has 0 aliphatic heterocycles. The quantitative estimate of drug-likeness (QED) is 0.620. The van der Waals surface area contributed by atoms with Gasteiger partial charge in [-0.15, -0.1) is 0 Å². The molecular weight excluding hydrogens is 270 g/mol. The lowest BCUT2D eigenvalue weighted by Crippen LogP contribution is -2.10. The topological polar surface area (TPSA) is 95.1 Å². The monoisotopic (exact) mass is 281 g/mol. The van der Waals surface area contributed by atoms with Crippen LogP contribution in [-0.4, -0.2) is 29.1 Å². The van der Waals surface area contributed by atoms with Gasteiger partial charge in [0.25, 0.3) is 5.69 Å². The maximum absolute atomic E-state index is 11.5. The lowest BCUT2D eigenvalue weighted by Gasteiger charge is -2.06. The van der Waals surface area contributed by atoms with Crippen molar-refractivity contribution in [2.75, 3.05) is 6.26 Å². The number of aromatic nitrogens is 2. The summed E-state index contributed by atoms with van der Waals surface area (Å²) in [7, 11) is -3.46. The van der Waals surface area contributed by atoms with E-state index in [1.807, 2.05) is 0 Å². The summed E-state index contributed by atoms with van der Waals surface area (Å²) < 4.78 is 24.4. The normalized spacial score (nSPS) is 11.4. The van der Waals surface area contributed by atoms with Crippen molar-refractivity contribution in [1.82, 2.24) is 9.55 Å². The van der Waals surface area contributed by atoms with Gasteiger partial charge in [0.2, 0.25) is 15.0 Å². The molecule has 1 heterocycles. The van der Waals surface area contributed by atoms with Crippen molar-refractivity contribution in [3.8, 4) is 0 Å². The highest BCUT2D eigenvalue weighted by atomic mass is 32.2. The van der Waals surface area contributed by atoms with Gasteiger partial charge in [-0.05, 0) is 0 Å². The molecule has 0 saturated heterocycles. The van der Waals surface area contributed by atoms with Gasteiger partial charge in [0.15, 0.2) is 0 Å². The predicted octanol–water partition coefficient (Wildman–Crippen LogP) is 1.24. The number of hydrogen-bond acceptors (Lipinski definition) is 5. The van der Waals surface area contributed by atoms with Crippen molar-refractivity contribution in [2.24, 2.45) is 0 Å². The number of imidazole rings is 1. The summed E-state index contributed by atoms with van der Waals surface area (Å²) >= 11 is 0. The fourth-order valence-electron chi connectivity index (χ4n) is 1.75. The lowest BCUT2D eigenvalue weighted by atomic mass is 10.2. The van der Waals surface area contributed by atoms with E-state index in [-0.39, 0.29) is 17.4 Å². The van der Waals surface area contributed by atoms with E-state index in [0.717, 1.165) is 6.26 Å². The number of nitro groups is 1. The summed E-state index contributed by atoms with van der Waals surface area (Å²) in [6.45, 7) is 0.0829. The van der Waals surface area contributed by atoms with Crippen LogP contribution >= 0.6 is 0 Å². The standard InChI is InChI=1S/C11H11N3O4S/c1-19(17,18)11-12-6-7-13(11)8-9-4-2-3-5-10(9)14(15)16/h2-7H,8H2,1H3. The van der Waals surface area contributed by atoms with Crippen LogP contribution in [0.25, 0.3) is 0 Å². The lowest BCUT2D eigenvalue weighted by molar-refractivity contribution is -0.385. The number of rotatable bonds is 4. The average Bonchev–Trinajstić information content (AvgIpc) is 2.77. The molecule has 0 saturated carbocycles. The number of hydrogen-bond donors (Lipinski definition) is 0. The predicted molar refractivity (Wildman–Crippen MR) is 67.5 cm³/mol. The van der Waals surface area contributed by atoms with Gasteiger partial charge in [-0.3, -0.25) is 10.1 Å². The van der Waals surface area contributed by atoms with Gasteiger partial charge in [0.05, 0.1) is 11.5 Å². The minimum atomic E-state index is -3.46. The maximum Gasteiger partial charge on any atom is 0.274 e. The van der Waals surface area contributed by atoms with Gasteiger partial charge in [-0.1, -0.05) is 18.2 Å². The van der Waals surface area contributed by atoms with E-state index < -0.39 is 14.8 Å². The molecule has 0 fully saturated rings. The summed E-state index contributed by atoms with van der Waals surface area (Å²) in [4.78, 5) is 14.2. The van der Waals surface area contributed by atoms with Crippen LogP contribution < -0.4 is 0 Å². The Kier molecular flexibility index (Phi) is 3.34. The number of nitro benzene ring substituents is 1. The third-order valence-corrected chi connectivity index (χ3v) is 3.54. The van der Waals surface area contributed by atoms with Crippen LogP contribution in [0, 0.1) is 10.1 Å². The third-order valence-electron chi connectivity index (χ3n) is 2.54. The molecule has 8 heteroatoms. The SMILES string of the molecule is CS(=O)(=O)c1nccn1Cc1ccccc1[N+](=O)[O-]. The molecule has 0 amide bonds. The molecule has 0 aliphatic carbocycles. The molecule has 0 aliphatic rings. The number of benzene rings is 1. The molecule has 100 valence electrons. The number of sulfone groups is 1. The fraction of sp³-hybridized carbons (Fsp3) is 0.182. The average molecular weight is 281 g/mol. The molecule has 2 rings (SSSR count). The molecule has 0 unspecified atom stereocenters. The highest BCUT2D eigenvalue weighted by molar-refractivity contribution is 7.90. The molecule has 7 nitrogen and oxygen atoms in total. The largest absolute Gasteiger partial charge is 0.317 e. The van der Waals surface area contributed by atoms with E-state index in [0.29, 0.717) is 5.56 Å². The summed E-state index contributed by atoms with van der Waals surface area (Å²) in [5.74, 6) is 0. The van der Waals surface area contributed by atoms with E-state index in [1.165, 1.54) is 23.0 Å². The zero-order valence-electron chi connectivity index (χ0n) is 10.1. The molecule has 19 heavy (non-hydrogen) atoms. The number of para-hydroxylation sites is 1. The second-order valence-electron chi connectivity index (χ2n) is 4.00. The third kappa shape index (κ3) is 2.79. The molecular formula is C11H11N3O4S. The Bertz CT molecular complexity index is 721. The minimum Gasteiger partial charge on any atom is -0.317 e. The Labute approximate surface area is 109 Å². The van der Waals surface area contributed by atoms with Gasteiger partial charge < -0.3 is 4.57 Å². The van der Waals surface area contributed by atoms with E-state index in [9.17, 15) is 18.5 Å². The van der Waals surface area contributed by atoms with Gasteiger partial charge in [0.1, 0.15) is 0 Å². The molecule has 0 bridgehead atoms. The number of nitrogens with zero attached hydrogens (tertiary/aromatic N) is 3. The van der Waals surface area contributed by atoms with Gasteiger partial charge in [-0.25, -0.2) is 13.4 Å². The van der Waals surface area contributed by atoms with Crippen molar-refractivity contribution >= 4 is 15.5 Å². The Balaban J connectivity index is 2.43. The maximum atomic E-state index is 11.5. The molecule has 1 aromatic heterocycles. The second kappa shape index (κ2) is 4.81. The fourth-order valence-corrected chi connectivity index (χ4v) is 2.55. The van der Waals surface area contributed by atoms with Crippen molar-refractivity contribution in [3.05, 3.63) is 52.3 Å².